The maximum Gasteiger partial charge on any atom is 0.247 e. The van der Waals surface area contributed by atoms with E-state index in [1.54, 1.807) is 11.3 Å². The summed E-state index contributed by atoms with van der Waals surface area (Å²) in [5, 5.41) is 6.76. The van der Waals surface area contributed by atoms with Crippen molar-refractivity contribution in [2.45, 2.75) is 38.6 Å². The lowest BCUT2D eigenvalue weighted by molar-refractivity contribution is -0.126. The fourth-order valence-corrected chi connectivity index (χ4v) is 4.81. The second kappa shape index (κ2) is 8.10. The Labute approximate surface area is 168 Å². The molecule has 2 amide bonds. The Balaban J connectivity index is 1.54. The predicted molar refractivity (Wildman–Crippen MR) is 113 cm³/mol. The molecule has 1 saturated carbocycles. The molecule has 144 valence electrons. The Kier molecular flexibility index (Phi) is 5.39. The third-order valence-corrected chi connectivity index (χ3v) is 6.27. The molecule has 0 saturated heterocycles. The molecule has 1 aromatic heterocycles. The van der Waals surface area contributed by atoms with Gasteiger partial charge >= 0.3 is 0 Å². The van der Waals surface area contributed by atoms with Crippen LogP contribution in [0.2, 0.25) is 0 Å². The number of anilines is 1. The minimum atomic E-state index is -0.480. The number of para-hydroxylation sites is 1. The van der Waals surface area contributed by atoms with Crippen LogP contribution >= 0.6 is 11.3 Å². The highest BCUT2D eigenvalue weighted by Gasteiger charge is 2.31. The Morgan fingerprint density at radius 2 is 1.89 bits per heavy atom. The summed E-state index contributed by atoms with van der Waals surface area (Å²) in [5.74, 6) is -0.116. The van der Waals surface area contributed by atoms with Gasteiger partial charge in [-0.05, 0) is 43.0 Å². The highest BCUT2D eigenvalue weighted by molar-refractivity contribution is 7.21. The lowest BCUT2D eigenvalue weighted by Crippen LogP contribution is -2.47. The fraction of sp³-hybridized carbons (Fsp3) is 0.318. The maximum absolute atomic E-state index is 12.9. The van der Waals surface area contributed by atoms with Crippen LogP contribution in [0.15, 0.2) is 48.5 Å². The lowest BCUT2D eigenvalue weighted by atomic mass is 9.97. The second-order valence-corrected chi connectivity index (χ2v) is 8.31. The molecule has 5 nitrogen and oxygen atoms in total. The number of benzene rings is 2. The number of carbonyl (C=O) groups excluding carboxylic acids is 2. The number of hydrogen-bond acceptors (Lipinski definition) is 4. The summed E-state index contributed by atoms with van der Waals surface area (Å²) in [6, 6.07) is 15.3. The standard InChI is InChI=1S/C22H23N3O2S/c1-14(26)23-20(15-7-2-3-8-15)21(27)24-17-10-6-9-16(13-17)22-25-18-11-4-5-12-19(18)28-22/h4-6,9-13,15,20H,2-3,7-8H2,1H3,(H,23,26)(H,24,27). The fourth-order valence-electron chi connectivity index (χ4n) is 3.85. The molecule has 1 atom stereocenters. The average molecular weight is 394 g/mol. The van der Waals surface area contributed by atoms with Gasteiger partial charge < -0.3 is 10.6 Å². The van der Waals surface area contributed by atoms with Gasteiger partial charge in [-0.25, -0.2) is 4.98 Å². The van der Waals surface area contributed by atoms with Crippen LogP contribution in [0.3, 0.4) is 0 Å². The summed E-state index contributed by atoms with van der Waals surface area (Å²) in [6.07, 6.45) is 4.18. The predicted octanol–water partition coefficient (Wildman–Crippen LogP) is 4.60. The van der Waals surface area contributed by atoms with Gasteiger partial charge in [0.2, 0.25) is 11.8 Å². The van der Waals surface area contributed by atoms with Crippen LogP contribution in [0, 0.1) is 5.92 Å². The van der Waals surface area contributed by atoms with E-state index in [0.717, 1.165) is 52.2 Å². The zero-order valence-corrected chi connectivity index (χ0v) is 16.6. The number of nitrogens with zero attached hydrogens (tertiary/aromatic N) is 1. The van der Waals surface area contributed by atoms with E-state index >= 15 is 0 Å². The van der Waals surface area contributed by atoms with Crippen molar-refractivity contribution in [3.8, 4) is 10.6 Å². The molecule has 0 aliphatic heterocycles. The summed E-state index contributed by atoms with van der Waals surface area (Å²) < 4.78 is 1.14. The van der Waals surface area contributed by atoms with E-state index in [1.165, 1.54) is 6.92 Å². The van der Waals surface area contributed by atoms with E-state index in [4.69, 9.17) is 0 Å². The molecule has 1 unspecified atom stereocenters. The van der Waals surface area contributed by atoms with Gasteiger partial charge in [-0.15, -0.1) is 11.3 Å². The quantitative estimate of drug-likeness (QED) is 0.666. The molecular formula is C22H23N3O2S. The first-order valence-corrected chi connectivity index (χ1v) is 10.5. The molecule has 2 N–H and O–H groups in total. The number of fused-ring (bicyclic) bond motifs is 1. The van der Waals surface area contributed by atoms with E-state index in [1.807, 2.05) is 42.5 Å². The molecule has 28 heavy (non-hydrogen) atoms. The Morgan fingerprint density at radius 3 is 2.64 bits per heavy atom. The van der Waals surface area contributed by atoms with Crippen molar-refractivity contribution in [3.63, 3.8) is 0 Å². The van der Waals surface area contributed by atoms with Crippen LogP contribution < -0.4 is 10.6 Å². The molecule has 1 heterocycles. The zero-order chi connectivity index (χ0) is 19.5. The minimum absolute atomic E-state index is 0.149. The molecular weight excluding hydrogens is 370 g/mol. The largest absolute Gasteiger partial charge is 0.344 e. The Hall–Kier alpha value is -2.73. The van der Waals surface area contributed by atoms with Gasteiger partial charge in [-0.3, -0.25) is 9.59 Å². The number of thiazole rings is 1. The van der Waals surface area contributed by atoms with Crippen molar-refractivity contribution >= 4 is 39.1 Å². The van der Waals surface area contributed by atoms with E-state index < -0.39 is 6.04 Å². The number of amides is 2. The summed E-state index contributed by atoms with van der Waals surface area (Å²) in [6.45, 7) is 1.46. The smallest absolute Gasteiger partial charge is 0.247 e. The van der Waals surface area contributed by atoms with Gasteiger partial charge in [-0.1, -0.05) is 37.1 Å². The van der Waals surface area contributed by atoms with E-state index in [2.05, 4.69) is 21.7 Å². The molecule has 2 aromatic carbocycles. The summed E-state index contributed by atoms with van der Waals surface area (Å²) in [4.78, 5) is 29.2. The molecule has 6 heteroatoms. The monoisotopic (exact) mass is 393 g/mol. The van der Waals surface area contributed by atoms with Crippen LogP contribution in [0.25, 0.3) is 20.8 Å². The number of nitrogens with one attached hydrogen (secondary N) is 2. The first-order chi connectivity index (χ1) is 13.6. The average Bonchev–Trinajstić information content (AvgIpc) is 3.35. The van der Waals surface area contributed by atoms with Crippen LogP contribution in [0.5, 0.6) is 0 Å². The summed E-state index contributed by atoms with van der Waals surface area (Å²) >= 11 is 1.63. The van der Waals surface area contributed by atoms with Crippen LogP contribution in [0.1, 0.15) is 32.6 Å². The van der Waals surface area contributed by atoms with Crippen molar-refractivity contribution in [2.75, 3.05) is 5.32 Å². The molecule has 3 aromatic rings. The number of hydrogen-bond donors (Lipinski definition) is 2. The van der Waals surface area contributed by atoms with Gasteiger partial charge in [0.1, 0.15) is 11.0 Å². The highest BCUT2D eigenvalue weighted by Crippen LogP contribution is 2.32. The van der Waals surface area contributed by atoms with Crippen LogP contribution in [-0.4, -0.2) is 22.8 Å². The van der Waals surface area contributed by atoms with Gasteiger partial charge in [0, 0.05) is 18.2 Å². The number of rotatable bonds is 5. The van der Waals surface area contributed by atoms with Crippen molar-refractivity contribution in [3.05, 3.63) is 48.5 Å². The lowest BCUT2D eigenvalue weighted by Gasteiger charge is -2.23. The maximum atomic E-state index is 12.9. The van der Waals surface area contributed by atoms with Crippen LogP contribution in [-0.2, 0) is 9.59 Å². The van der Waals surface area contributed by atoms with Crippen molar-refractivity contribution in [1.82, 2.24) is 10.3 Å². The SMILES string of the molecule is CC(=O)NC(C(=O)Nc1cccc(-c2nc3ccccc3s2)c1)C1CCCC1. The zero-order valence-electron chi connectivity index (χ0n) is 15.8. The van der Waals surface area contributed by atoms with Crippen molar-refractivity contribution < 1.29 is 9.59 Å². The first kappa shape index (κ1) is 18.6. The minimum Gasteiger partial charge on any atom is -0.344 e. The number of carbonyl (C=O) groups is 2. The topological polar surface area (TPSA) is 71.1 Å². The van der Waals surface area contributed by atoms with Gasteiger partial charge in [0.15, 0.2) is 0 Å². The van der Waals surface area contributed by atoms with Gasteiger partial charge in [0.25, 0.3) is 0 Å². The molecule has 0 radical (unpaired) electrons. The third kappa shape index (κ3) is 4.07. The summed E-state index contributed by atoms with van der Waals surface area (Å²) in [7, 11) is 0. The molecule has 4 rings (SSSR count). The van der Waals surface area contributed by atoms with Gasteiger partial charge in [-0.2, -0.15) is 0 Å². The number of aromatic nitrogens is 1. The van der Waals surface area contributed by atoms with Crippen molar-refractivity contribution in [2.24, 2.45) is 5.92 Å². The second-order valence-electron chi connectivity index (χ2n) is 7.28. The van der Waals surface area contributed by atoms with E-state index in [-0.39, 0.29) is 17.7 Å². The first-order valence-electron chi connectivity index (χ1n) is 9.64. The summed E-state index contributed by atoms with van der Waals surface area (Å²) in [5.41, 5.74) is 2.66. The van der Waals surface area contributed by atoms with E-state index in [0.29, 0.717) is 0 Å². The molecule has 0 bridgehead atoms. The molecule has 1 fully saturated rings. The van der Waals surface area contributed by atoms with Gasteiger partial charge in [0.05, 0.1) is 10.2 Å². The normalized spacial score (nSPS) is 15.5. The Bertz CT molecular complexity index is 975. The Morgan fingerprint density at radius 1 is 1.11 bits per heavy atom. The molecule has 1 aliphatic carbocycles. The van der Waals surface area contributed by atoms with E-state index in [9.17, 15) is 9.59 Å². The third-order valence-electron chi connectivity index (χ3n) is 5.18. The highest BCUT2D eigenvalue weighted by atomic mass is 32.1. The molecule has 1 aliphatic rings. The van der Waals surface area contributed by atoms with Crippen LogP contribution in [0.4, 0.5) is 5.69 Å². The molecule has 0 spiro atoms. The van der Waals surface area contributed by atoms with Crippen molar-refractivity contribution in [1.29, 1.82) is 0 Å².